The molecule has 0 bridgehead atoms. The number of nitrogen functional groups attached to an aromatic ring is 1. The van der Waals surface area contributed by atoms with E-state index in [1.807, 2.05) is 0 Å². The summed E-state index contributed by atoms with van der Waals surface area (Å²) >= 11 is 0. The molecular formula is C11H15F3N2O. The van der Waals surface area contributed by atoms with Crippen molar-refractivity contribution in [1.29, 1.82) is 0 Å². The zero-order chi connectivity index (χ0) is 12.7. The van der Waals surface area contributed by atoms with Gasteiger partial charge in [0.2, 0.25) is 0 Å². The van der Waals surface area contributed by atoms with Gasteiger partial charge in [-0.25, -0.2) is 0 Å². The van der Waals surface area contributed by atoms with E-state index in [9.17, 15) is 13.2 Å². The summed E-state index contributed by atoms with van der Waals surface area (Å²) in [6, 6.07) is 4.57. The maximum absolute atomic E-state index is 11.9. The van der Waals surface area contributed by atoms with Crippen LogP contribution in [0.25, 0.3) is 0 Å². The molecule has 0 aromatic heterocycles. The lowest BCUT2D eigenvalue weighted by Crippen LogP contribution is -2.30. The van der Waals surface area contributed by atoms with Crippen LogP contribution in [0.15, 0.2) is 24.3 Å². The lowest BCUT2D eigenvalue weighted by molar-refractivity contribution is -0.137. The Morgan fingerprint density at radius 2 is 1.82 bits per heavy atom. The number of alkyl halides is 3. The van der Waals surface area contributed by atoms with Gasteiger partial charge in [-0.15, -0.1) is 0 Å². The molecule has 1 fully saturated rings. The molecule has 6 heteroatoms. The van der Waals surface area contributed by atoms with Crippen LogP contribution in [0, 0.1) is 0 Å². The molecule has 0 radical (unpaired) electrons. The van der Waals surface area contributed by atoms with Gasteiger partial charge in [-0.3, -0.25) is 0 Å². The maximum atomic E-state index is 11.9. The van der Waals surface area contributed by atoms with Crippen LogP contribution in [0.5, 0.6) is 0 Å². The molecule has 1 aromatic rings. The third-order valence-corrected chi connectivity index (χ3v) is 2.06. The molecule has 1 aliphatic rings. The number of hydrogen-bond acceptors (Lipinski definition) is 3. The predicted octanol–water partition coefficient (Wildman–Crippen LogP) is 1.89. The number of ether oxygens (including phenoxy) is 1. The first-order valence-electron chi connectivity index (χ1n) is 5.21. The fourth-order valence-electron chi connectivity index (χ4n) is 1.23. The van der Waals surface area contributed by atoms with Gasteiger partial charge < -0.3 is 15.8 Å². The van der Waals surface area contributed by atoms with Crippen LogP contribution < -0.4 is 11.1 Å². The van der Waals surface area contributed by atoms with Crippen LogP contribution in [0.3, 0.4) is 0 Å². The predicted molar refractivity (Wildman–Crippen MR) is 59.5 cm³/mol. The highest BCUT2D eigenvalue weighted by molar-refractivity contribution is 5.41. The molecule has 1 aromatic carbocycles. The molecule has 3 N–H and O–H groups in total. The van der Waals surface area contributed by atoms with E-state index in [-0.39, 0.29) is 5.69 Å². The van der Waals surface area contributed by atoms with Gasteiger partial charge in [0, 0.05) is 18.8 Å². The zero-order valence-corrected chi connectivity index (χ0v) is 9.26. The van der Waals surface area contributed by atoms with Gasteiger partial charge in [0.05, 0.1) is 18.8 Å². The second-order valence-corrected chi connectivity index (χ2v) is 3.49. The highest BCUT2D eigenvalue weighted by atomic mass is 19.4. The second kappa shape index (κ2) is 6.46. The van der Waals surface area contributed by atoms with Crippen LogP contribution in [0.4, 0.5) is 18.9 Å². The van der Waals surface area contributed by atoms with E-state index in [2.05, 4.69) is 5.32 Å². The number of rotatable bonds is 0. The Bertz CT molecular complexity index is 326. The van der Waals surface area contributed by atoms with Gasteiger partial charge in [-0.1, -0.05) is 6.07 Å². The summed E-state index contributed by atoms with van der Waals surface area (Å²) in [6.07, 6.45) is -4.30. The van der Waals surface area contributed by atoms with Crippen molar-refractivity contribution < 1.29 is 17.9 Å². The Hall–Kier alpha value is -1.27. The van der Waals surface area contributed by atoms with Crippen molar-refractivity contribution in [3.05, 3.63) is 29.8 Å². The SMILES string of the molecule is C1COCCN1.Nc1cccc(C(F)(F)F)c1. The van der Waals surface area contributed by atoms with Crippen LogP contribution in [-0.2, 0) is 10.9 Å². The first kappa shape index (κ1) is 13.8. The van der Waals surface area contributed by atoms with Crippen LogP contribution in [0.1, 0.15) is 5.56 Å². The molecular weight excluding hydrogens is 233 g/mol. The van der Waals surface area contributed by atoms with Gasteiger partial charge in [-0.05, 0) is 18.2 Å². The number of halogens is 3. The molecule has 0 aliphatic carbocycles. The first-order valence-corrected chi connectivity index (χ1v) is 5.21. The largest absolute Gasteiger partial charge is 0.416 e. The fraction of sp³-hybridized carbons (Fsp3) is 0.455. The Labute approximate surface area is 97.8 Å². The normalized spacial score (nSPS) is 15.9. The van der Waals surface area contributed by atoms with E-state index in [0.717, 1.165) is 38.4 Å². The topological polar surface area (TPSA) is 47.3 Å². The Morgan fingerprint density at radius 1 is 1.18 bits per heavy atom. The third-order valence-electron chi connectivity index (χ3n) is 2.06. The minimum Gasteiger partial charge on any atom is -0.399 e. The lowest BCUT2D eigenvalue weighted by Gasteiger charge is -2.10. The first-order chi connectivity index (χ1) is 8.00. The molecule has 1 heterocycles. The minimum atomic E-state index is -4.30. The van der Waals surface area contributed by atoms with Crippen molar-refractivity contribution >= 4 is 5.69 Å². The Morgan fingerprint density at radius 3 is 2.12 bits per heavy atom. The molecule has 0 unspecified atom stereocenters. The van der Waals surface area contributed by atoms with Crippen LogP contribution in [-0.4, -0.2) is 26.3 Å². The molecule has 0 amide bonds. The zero-order valence-electron chi connectivity index (χ0n) is 9.26. The van der Waals surface area contributed by atoms with Gasteiger partial charge in [0.1, 0.15) is 0 Å². The van der Waals surface area contributed by atoms with E-state index in [4.69, 9.17) is 10.5 Å². The summed E-state index contributed by atoms with van der Waals surface area (Å²) < 4.78 is 40.7. The quantitative estimate of drug-likeness (QED) is 0.689. The highest BCUT2D eigenvalue weighted by Crippen LogP contribution is 2.29. The lowest BCUT2D eigenvalue weighted by atomic mass is 10.2. The van der Waals surface area contributed by atoms with E-state index in [1.54, 1.807) is 0 Å². The van der Waals surface area contributed by atoms with Crippen LogP contribution >= 0.6 is 0 Å². The van der Waals surface area contributed by atoms with E-state index in [0.29, 0.717) is 0 Å². The number of nitrogens with one attached hydrogen (secondary N) is 1. The number of anilines is 1. The average Bonchev–Trinajstić information content (AvgIpc) is 2.31. The number of nitrogens with two attached hydrogens (primary N) is 1. The monoisotopic (exact) mass is 248 g/mol. The summed E-state index contributed by atoms with van der Waals surface area (Å²) in [4.78, 5) is 0. The molecule has 17 heavy (non-hydrogen) atoms. The molecule has 1 saturated heterocycles. The van der Waals surface area contributed by atoms with Crippen molar-refractivity contribution in [2.45, 2.75) is 6.18 Å². The van der Waals surface area contributed by atoms with E-state index in [1.165, 1.54) is 12.1 Å². The molecule has 96 valence electrons. The van der Waals surface area contributed by atoms with Gasteiger partial charge >= 0.3 is 6.18 Å². The average molecular weight is 248 g/mol. The summed E-state index contributed by atoms with van der Waals surface area (Å²) in [5.41, 5.74) is 4.57. The van der Waals surface area contributed by atoms with Crippen molar-refractivity contribution in [2.24, 2.45) is 0 Å². The Kier molecular flexibility index (Phi) is 5.24. The van der Waals surface area contributed by atoms with Crippen LogP contribution in [0.2, 0.25) is 0 Å². The standard InChI is InChI=1S/C7H6F3N.C4H9NO/c8-7(9,10)5-2-1-3-6(11)4-5;1-3-6-4-2-5-1/h1-4H,11H2;5H,1-4H2. The summed E-state index contributed by atoms with van der Waals surface area (Å²) in [7, 11) is 0. The summed E-state index contributed by atoms with van der Waals surface area (Å²) in [6.45, 7) is 3.83. The molecule has 0 atom stereocenters. The molecule has 3 nitrogen and oxygen atoms in total. The molecule has 0 spiro atoms. The van der Waals surface area contributed by atoms with Crippen molar-refractivity contribution in [3.8, 4) is 0 Å². The van der Waals surface area contributed by atoms with E-state index < -0.39 is 11.7 Å². The third kappa shape index (κ3) is 5.55. The maximum Gasteiger partial charge on any atom is 0.416 e. The molecule has 1 aliphatic heterocycles. The summed E-state index contributed by atoms with van der Waals surface area (Å²) in [5, 5.41) is 3.16. The van der Waals surface area contributed by atoms with Gasteiger partial charge in [0.25, 0.3) is 0 Å². The van der Waals surface area contributed by atoms with E-state index >= 15 is 0 Å². The summed E-state index contributed by atoms with van der Waals surface area (Å²) in [5.74, 6) is 0. The number of benzene rings is 1. The fourth-order valence-corrected chi connectivity index (χ4v) is 1.23. The highest BCUT2D eigenvalue weighted by Gasteiger charge is 2.30. The van der Waals surface area contributed by atoms with Gasteiger partial charge in [0.15, 0.2) is 0 Å². The number of hydrogen-bond donors (Lipinski definition) is 2. The van der Waals surface area contributed by atoms with Crippen molar-refractivity contribution in [2.75, 3.05) is 32.0 Å². The van der Waals surface area contributed by atoms with Gasteiger partial charge in [-0.2, -0.15) is 13.2 Å². The van der Waals surface area contributed by atoms with Crippen molar-refractivity contribution in [1.82, 2.24) is 5.32 Å². The minimum absolute atomic E-state index is 0.125. The molecule has 0 saturated carbocycles. The van der Waals surface area contributed by atoms with Crippen molar-refractivity contribution in [3.63, 3.8) is 0 Å². The second-order valence-electron chi connectivity index (χ2n) is 3.49. The number of morpholine rings is 1. The molecule has 2 rings (SSSR count). The Balaban J connectivity index is 0.000000202. The smallest absolute Gasteiger partial charge is 0.399 e.